The average molecular weight is 307 g/mol. The van der Waals surface area contributed by atoms with Gasteiger partial charge >= 0.3 is 5.97 Å². The van der Waals surface area contributed by atoms with E-state index in [-0.39, 0.29) is 0 Å². The summed E-state index contributed by atoms with van der Waals surface area (Å²) >= 11 is 5.94. The molecule has 1 aromatic heterocycles. The number of para-hydroxylation sites is 1. The molecular formula is C15H15ClN2O3. The van der Waals surface area contributed by atoms with Crippen molar-refractivity contribution in [3.8, 4) is 0 Å². The second-order valence-corrected chi connectivity index (χ2v) is 4.89. The molecule has 0 saturated heterocycles. The highest BCUT2D eigenvalue weighted by Crippen LogP contribution is 2.20. The molecule has 0 aliphatic rings. The molecule has 0 saturated carbocycles. The molecule has 110 valence electrons. The van der Waals surface area contributed by atoms with Crippen molar-refractivity contribution in [3.63, 3.8) is 0 Å². The summed E-state index contributed by atoms with van der Waals surface area (Å²) in [5.41, 5.74) is 0.900. The first-order valence-corrected chi connectivity index (χ1v) is 6.85. The maximum Gasteiger partial charge on any atom is 0.323 e. The quantitative estimate of drug-likeness (QED) is 0.924. The van der Waals surface area contributed by atoms with Crippen LogP contribution in [0.1, 0.15) is 17.4 Å². The molecule has 21 heavy (non-hydrogen) atoms. The van der Waals surface area contributed by atoms with E-state index in [4.69, 9.17) is 16.7 Å². The lowest BCUT2D eigenvalue weighted by Crippen LogP contribution is -2.36. The highest BCUT2D eigenvalue weighted by molar-refractivity contribution is 6.31. The highest BCUT2D eigenvalue weighted by Gasteiger charge is 2.23. The van der Waals surface area contributed by atoms with Gasteiger partial charge in [0.15, 0.2) is 0 Å². The van der Waals surface area contributed by atoms with Crippen LogP contribution in [0, 0.1) is 0 Å². The van der Waals surface area contributed by atoms with Crippen molar-refractivity contribution in [3.05, 3.63) is 53.3 Å². The fourth-order valence-corrected chi connectivity index (χ4v) is 2.30. The summed E-state index contributed by atoms with van der Waals surface area (Å²) in [6.07, 6.45) is 1.65. The molecule has 0 fully saturated rings. The molecule has 1 N–H and O–H groups in total. The molecular weight excluding hydrogens is 292 g/mol. The number of hydrogen-bond donors (Lipinski definition) is 1. The number of anilines is 1. The number of rotatable bonds is 5. The predicted molar refractivity (Wildman–Crippen MR) is 80.9 cm³/mol. The molecule has 0 aliphatic heterocycles. The van der Waals surface area contributed by atoms with Crippen molar-refractivity contribution in [2.24, 2.45) is 0 Å². The van der Waals surface area contributed by atoms with Crippen molar-refractivity contribution in [2.75, 3.05) is 11.4 Å². The minimum atomic E-state index is -1.08. The third-order valence-corrected chi connectivity index (χ3v) is 3.24. The van der Waals surface area contributed by atoms with Crippen LogP contribution >= 0.6 is 11.6 Å². The molecule has 1 aromatic carbocycles. The molecule has 1 amide bonds. The van der Waals surface area contributed by atoms with Crippen LogP contribution in [0.4, 0.5) is 5.69 Å². The summed E-state index contributed by atoms with van der Waals surface area (Å²) in [7, 11) is 0. The van der Waals surface area contributed by atoms with E-state index in [2.05, 4.69) is 0 Å². The number of carboxylic acid groups (broad SMARTS) is 1. The molecule has 0 aliphatic carbocycles. The predicted octanol–water partition coefficient (Wildman–Crippen LogP) is 2.89. The zero-order valence-electron chi connectivity index (χ0n) is 11.5. The van der Waals surface area contributed by atoms with Crippen LogP contribution in [0.25, 0.3) is 0 Å². The van der Waals surface area contributed by atoms with E-state index in [9.17, 15) is 9.59 Å². The highest BCUT2D eigenvalue weighted by atomic mass is 35.5. The van der Waals surface area contributed by atoms with Crippen LogP contribution < -0.4 is 4.90 Å². The molecule has 0 unspecified atom stereocenters. The standard InChI is InChI=1S/C15H15ClN2O3/c1-2-17-9-11(16)8-13(17)15(21)18(10-14(19)20)12-6-4-3-5-7-12/h3-9H,2,10H2,1H3,(H,19,20). The summed E-state index contributed by atoms with van der Waals surface area (Å²) in [6, 6.07) is 10.2. The lowest BCUT2D eigenvalue weighted by molar-refractivity contribution is -0.135. The van der Waals surface area contributed by atoms with Crippen LogP contribution in [0.15, 0.2) is 42.6 Å². The number of carboxylic acids is 1. The Balaban J connectivity index is 2.41. The zero-order valence-corrected chi connectivity index (χ0v) is 12.2. The maximum atomic E-state index is 12.7. The van der Waals surface area contributed by atoms with Gasteiger partial charge in [-0.2, -0.15) is 0 Å². The Morgan fingerprint density at radius 2 is 1.95 bits per heavy atom. The molecule has 0 atom stereocenters. The van der Waals surface area contributed by atoms with Crippen molar-refractivity contribution in [1.29, 1.82) is 0 Å². The summed E-state index contributed by atoms with van der Waals surface area (Å²) in [6.45, 7) is 2.05. The van der Waals surface area contributed by atoms with E-state index >= 15 is 0 Å². The van der Waals surface area contributed by atoms with Crippen LogP contribution in [-0.2, 0) is 11.3 Å². The number of nitrogens with zero attached hydrogens (tertiary/aromatic N) is 2. The molecule has 0 spiro atoms. The fourth-order valence-electron chi connectivity index (χ4n) is 2.08. The fraction of sp³-hybridized carbons (Fsp3) is 0.200. The van der Waals surface area contributed by atoms with Crippen LogP contribution in [-0.4, -0.2) is 28.1 Å². The van der Waals surface area contributed by atoms with Gasteiger partial charge in [0.05, 0.1) is 5.02 Å². The molecule has 2 rings (SSSR count). The van der Waals surface area contributed by atoms with Gasteiger partial charge in [-0.25, -0.2) is 0 Å². The van der Waals surface area contributed by atoms with Gasteiger partial charge in [-0.1, -0.05) is 29.8 Å². The lowest BCUT2D eigenvalue weighted by Gasteiger charge is -2.21. The van der Waals surface area contributed by atoms with Crippen molar-refractivity contribution < 1.29 is 14.7 Å². The van der Waals surface area contributed by atoms with Crippen LogP contribution in [0.5, 0.6) is 0 Å². The van der Waals surface area contributed by atoms with Gasteiger partial charge in [-0.05, 0) is 25.1 Å². The Kier molecular flexibility index (Phi) is 4.65. The summed E-state index contributed by atoms with van der Waals surface area (Å²) in [5.74, 6) is -1.47. The van der Waals surface area contributed by atoms with Crippen LogP contribution in [0.2, 0.25) is 5.02 Å². The first-order valence-electron chi connectivity index (χ1n) is 6.47. The Morgan fingerprint density at radius 1 is 1.29 bits per heavy atom. The third kappa shape index (κ3) is 3.44. The Hall–Kier alpha value is -2.27. The van der Waals surface area contributed by atoms with E-state index in [0.717, 1.165) is 0 Å². The Morgan fingerprint density at radius 3 is 2.52 bits per heavy atom. The van der Waals surface area contributed by atoms with Gasteiger partial charge < -0.3 is 9.67 Å². The molecule has 0 bridgehead atoms. The molecule has 5 nitrogen and oxygen atoms in total. The summed E-state index contributed by atoms with van der Waals surface area (Å²) in [5, 5.41) is 9.49. The molecule has 2 aromatic rings. The first kappa shape index (κ1) is 15.1. The van der Waals surface area contributed by atoms with Gasteiger partial charge in [0.2, 0.25) is 0 Å². The maximum absolute atomic E-state index is 12.7. The lowest BCUT2D eigenvalue weighted by atomic mass is 10.2. The number of hydrogen-bond acceptors (Lipinski definition) is 2. The SMILES string of the molecule is CCn1cc(Cl)cc1C(=O)N(CC(=O)O)c1ccccc1. The van der Waals surface area contributed by atoms with Gasteiger partial charge in [-0.3, -0.25) is 14.5 Å². The number of carbonyl (C=O) groups excluding carboxylic acids is 1. The number of carbonyl (C=O) groups is 2. The summed E-state index contributed by atoms with van der Waals surface area (Å²) < 4.78 is 1.70. The number of aromatic nitrogens is 1. The second kappa shape index (κ2) is 6.45. The Labute approximate surface area is 127 Å². The first-order chi connectivity index (χ1) is 10.0. The van der Waals surface area contributed by atoms with E-state index in [1.54, 1.807) is 47.2 Å². The number of halogens is 1. The van der Waals surface area contributed by atoms with E-state index in [0.29, 0.717) is 22.9 Å². The molecule has 0 radical (unpaired) electrons. The Bertz CT molecular complexity index is 652. The third-order valence-electron chi connectivity index (χ3n) is 3.03. The zero-order chi connectivity index (χ0) is 15.4. The van der Waals surface area contributed by atoms with Crippen molar-refractivity contribution in [2.45, 2.75) is 13.5 Å². The van der Waals surface area contributed by atoms with Crippen molar-refractivity contribution in [1.82, 2.24) is 4.57 Å². The normalized spacial score (nSPS) is 10.4. The monoisotopic (exact) mass is 306 g/mol. The number of aryl methyl sites for hydroxylation is 1. The van der Waals surface area contributed by atoms with E-state index < -0.39 is 18.4 Å². The van der Waals surface area contributed by atoms with Gasteiger partial charge in [-0.15, -0.1) is 0 Å². The van der Waals surface area contributed by atoms with Gasteiger partial charge in [0.25, 0.3) is 5.91 Å². The minimum absolute atomic E-state index is 0.368. The smallest absolute Gasteiger partial charge is 0.323 e. The second-order valence-electron chi connectivity index (χ2n) is 4.45. The topological polar surface area (TPSA) is 62.5 Å². The number of aliphatic carboxylic acids is 1. The minimum Gasteiger partial charge on any atom is -0.480 e. The van der Waals surface area contributed by atoms with Crippen LogP contribution in [0.3, 0.4) is 0 Å². The molecule has 6 heteroatoms. The van der Waals surface area contributed by atoms with E-state index in [1.165, 1.54) is 4.90 Å². The number of amides is 1. The largest absolute Gasteiger partial charge is 0.480 e. The van der Waals surface area contributed by atoms with Gasteiger partial charge in [0, 0.05) is 18.4 Å². The van der Waals surface area contributed by atoms with Crippen molar-refractivity contribution >= 4 is 29.2 Å². The molecule has 1 heterocycles. The van der Waals surface area contributed by atoms with E-state index in [1.807, 2.05) is 6.92 Å². The number of benzene rings is 1. The average Bonchev–Trinajstić information content (AvgIpc) is 2.86. The van der Waals surface area contributed by atoms with Gasteiger partial charge in [0.1, 0.15) is 12.2 Å². The summed E-state index contributed by atoms with van der Waals surface area (Å²) in [4.78, 5) is 24.9.